The molecule has 5 nitrogen and oxygen atoms in total. The zero-order valence-electron chi connectivity index (χ0n) is 9.78. The molecule has 0 atom stereocenters. The molecule has 0 bridgehead atoms. The lowest BCUT2D eigenvalue weighted by atomic mass is 10.0. The molecule has 0 amide bonds. The van der Waals surface area contributed by atoms with Gasteiger partial charge < -0.3 is 5.11 Å². The molecule has 1 N–H and O–H groups in total. The van der Waals surface area contributed by atoms with Crippen LogP contribution in [0.1, 0.15) is 24.6 Å². The van der Waals surface area contributed by atoms with Gasteiger partial charge in [-0.25, -0.2) is 13.4 Å². The number of rotatable bonds is 1. The molecule has 0 saturated carbocycles. The van der Waals surface area contributed by atoms with Gasteiger partial charge in [-0.1, -0.05) is 6.07 Å². The summed E-state index contributed by atoms with van der Waals surface area (Å²) >= 11 is 0. The third-order valence-corrected chi connectivity index (χ3v) is 5.19. The number of imidazole rings is 1. The second kappa shape index (κ2) is 3.98. The first-order chi connectivity index (χ1) is 8.57. The Kier molecular flexibility index (Phi) is 2.55. The number of nitrogens with zero attached hydrogens (tertiary/aromatic N) is 2. The fourth-order valence-electron chi connectivity index (χ4n) is 2.49. The Morgan fingerprint density at radius 1 is 1.28 bits per heavy atom. The lowest BCUT2D eigenvalue weighted by molar-refractivity contribution is 0.436. The molecule has 3 rings (SSSR count). The van der Waals surface area contributed by atoms with E-state index in [1.54, 1.807) is 22.7 Å². The zero-order valence-corrected chi connectivity index (χ0v) is 10.6. The van der Waals surface area contributed by atoms with E-state index in [1.165, 1.54) is 0 Å². The van der Waals surface area contributed by atoms with Crippen LogP contribution in [-0.4, -0.2) is 34.4 Å². The van der Waals surface area contributed by atoms with Crippen LogP contribution < -0.4 is 0 Å². The Morgan fingerprint density at radius 3 is 2.72 bits per heavy atom. The van der Waals surface area contributed by atoms with Gasteiger partial charge >= 0.3 is 0 Å². The minimum absolute atomic E-state index is 0.101. The number of hydrogen-bond acceptors (Lipinski definition) is 4. The maximum Gasteiger partial charge on any atom is 0.197 e. The maximum absolute atomic E-state index is 11.4. The smallest absolute Gasteiger partial charge is 0.197 e. The van der Waals surface area contributed by atoms with Crippen LogP contribution >= 0.6 is 0 Å². The summed E-state index contributed by atoms with van der Waals surface area (Å²) in [5.74, 6) is 1.43. The highest BCUT2D eigenvalue weighted by atomic mass is 32.2. The molecule has 1 saturated heterocycles. The SMILES string of the molecule is O=S1(=O)CCC(c2ncc3cccc(O)n23)CC1. The predicted molar refractivity (Wildman–Crippen MR) is 67.5 cm³/mol. The largest absolute Gasteiger partial charge is 0.494 e. The molecule has 2 aromatic heterocycles. The van der Waals surface area contributed by atoms with E-state index in [2.05, 4.69) is 4.98 Å². The number of hydrogen-bond donors (Lipinski definition) is 1. The molecule has 1 aliphatic heterocycles. The first-order valence-corrected chi connectivity index (χ1v) is 7.75. The van der Waals surface area contributed by atoms with Crippen molar-refractivity contribution in [3.63, 3.8) is 0 Å². The molecule has 0 radical (unpaired) electrons. The van der Waals surface area contributed by atoms with Gasteiger partial charge in [0, 0.05) is 5.92 Å². The molecular formula is C12H14N2O3S. The van der Waals surface area contributed by atoms with Crippen molar-refractivity contribution in [1.82, 2.24) is 9.38 Å². The van der Waals surface area contributed by atoms with E-state index in [0.29, 0.717) is 12.8 Å². The van der Waals surface area contributed by atoms with Crippen LogP contribution in [0.25, 0.3) is 5.52 Å². The maximum atomic E-state index is 11.4. The third kappa shape index (κ3) is 1.86. The van der Waals surface area contributed by atoms with Crippen molar-refractivity contribution in [3.05, 3.63) is 30.2 Å². The van der Waals surface area contributed by atoms with Crippen molar-refractivity contribution in [3.8, 4) is 5.88 Å². The summed E-state index contributed by atoms with van der Waals surface area (Å²) in [6.45, 7) is 0. The van der Waals surface area contributed by atoms with Crippen LogP contribution in [0.2, 0.25) is 0 Å². The lowest BCUT2D eigenvalue weighted by Crippen LogP contribution is -2.23. The average molecular weight is 266 g/mol. The molecule has 1 aliphatic rings. The van der Waals surface area contributed by atoms with Crippen molar-refractivity contribution < 1.29 is 13.5 Å². The highest BCUT2D eigenvalue weighted by Gasteiger charge is 2.27. The van der Waals surface area contributed by atoms with E-state index in [1.807, 2.05) is 6.07 Å². The summed E-state index contributed by atoms with van der Waals surface area (Å²) in [7, 11) is -2.87. The fraction of sp³-hybridized carbons (Fsp3) is 0.417. The van der Waals surface area contributed by atoms with Crippen molar-refractivity contribution >= 4 is 15.4 Å². The van der Waals surface area contributed by atoms with Crippen LogP contribution in [0.4, 0.5) is 0 Å². The van der Waals surface area contributed by atoms with Gasteiger partial charge in [0.05, 0.1) is 23.2 Å². The van der Waals surface area contributed by atoms with E-state index in [9.17, 15) is 13.5 Å². The molecule has 6 heteroatoms. The molecule has 0 aromatic carbocycles. The molecule has 96 valence electrons. The van der Waals surface area contributed by atoms with Gasteiger partial charge in [0.1, 0.15) is 15.7 Å². The van der Waals surface area contributed by atoms with Crippen molar-refractivity contribution in [2.45, 2.75) is 18.8 Å². The second-order valence-electron chi connectivity index (χ2n) is 4.69. The van der Waals surface area contributed by atoms with Gasteiger partial charge in [0.2, 0.25) is 0 Å². The minimum Gasteiger partial charge on any atom is -0.494 e. The molecule has 2 aromatic rings. The summed E-state index contributed by atoms with van der Waals surface area (Å²) < 4.78 is 24.5. The zero-order chi connectivity index (χ0) is 12.8. The van der Waals surface area contributed by atoms with Crippen LogP contribution in [-0.2, 0) is 9.84 Å². The van der Waals surface area contributed by atoms with E-state index in [-0.39, 0.29) is 23.3 Å². The van der Waals surface area contributed by atoms with Crippen molar-refractivity contribution in [2.75, 3.05) is 11.5 Å². The van der Waals surface area contributed by atoms with Crippen LogP contribution in [0.5, 0.6) is 5.88 Å². The Labute approximate surface area is 105 Å². The summed E-state index contributed by atoms with van der Waals surface area (Å²) in [6.07, 6.45) is 2.86. The second-order valence-corrected chi connectivity index (χ2v) is 6.99. The third-order valence-electron chi connectivity index (χ3n) is 3.48. The summed E-state index contributed by atoms with van der Waals surface area (Å²) in [4.78, 5) is 4.34. The summed E-state index contributed by atoms with van der Waals surface area (Å²) in [6, 6.07) is 5.25. The van der Waals surface area contributed by atoms with Crippen molar-refractivity contribution in [1.29, 1.82) is 0 Å². The van der Waals surface area contributed by atoms with Gasteiger partial charge in [-0.2, -0.15) is 0 Å². The first-order valence-electron chi connectivity index (χ1n) is 5.92. The monoisotopic (exact) mass is 266 g/mol. The lowest BCUT2D eigenvalue weighted by Gasteiger charge is -2.21. The number of aromatic nitrogens is 2. The summed E-state index contributed by atoms with van der Waals surface area (Å²) in [5, 5.41) is 9.88. The molecule has 1 fully saturated rings. The van der Waals surface area contributed by atoms with Crippen LogP contribution in [0, 0.1) is 0 Å². The van der Waals surface area contributed by atoms with Crippen LogP contribution in [0.15, 0.2) is 24.4 Å². The van der Waals surface area contributed by atoms with Gasteiger partial charge in [-0.05, 0) is 25.0 Å². The van der Waals surface area contributed by atoms with E-state index in [0.717, 1.165) is 11.3 Å². The minimum atomic E-state index is -2.87. The quantitative estimate of drug-likeness (QED) is 0.845. The molecule has 3 heterocycles. The Balaban J connectivity index is 2.01. The highest BCUT2D eigenvalue weighted by Crippen LogP contribution is 2.30. The Bertz CT molecular complexity index is 676. The predicted octanol–water partition coefficient (Wildman–Crippen LogP) is 1.33. The first kappa shape index (κ1) is 11.5. The van der Waals surface area contributed by atoms with E-state index in [4.69, 9.17) is 0 Å². The van der Waals surface area contributed by atoms with E-state index < -0.39 is 9.84 Å². The Morgan fingerprint density at radius 2 is 2.00 bits per heavy atom. The fourth-order valence-corrected chi connectivity index (χ4v) is 3.98. The topological polar surface area (TPSA) is 71.7 Å². The van der Waals surface area contributed by atoms with E-state index >= 15 is 0 Å². The molecule has 0 unspecified atom stereocenters. The number of aromatic hydroxyl groups is 1. The average Bonchev–Trinajstić information content (AvgIpc) is 2.74. The molecule has 0 aliphatic carbocycles. The number of pyridine rings is 1. The van der Waals surface area contributed by atoms with Gasteiger partial charge in [-0.3, -0.25) is 4.40 Å². The summed E-state index contributed by atoms with van der Waals surface area (Å²) in [5.41, 5.74) is 0.832. The van der Waals surface area contributed by atoms with Crippen LogP contribution in [0.3, 0.4) is 0 Å². The highest BCUT2D eigenvalue weighted by molar-refractivity contribution is 7.91. The molecular weight excluding hydrogens is 252 g/mol. The number of sulfone groups is 1. The van der Waals surface area contributed by atoms with Gasteiger partial charge in [0.15, 0.2) is 5.88 Å². The number of fused-ring (bicyclic) bond motifs is 1. The van der Waals surface area contributed by atoms with Gasteiger partial charge in [0.25, 0.3) is 0 Å². The van der Waals surface area contributed by atoms with Crippen molar-refractivity contribution in [2.24, 2.45) is 0 Å². The normalized spacial score (nSPS) is 20.2. The molecule has 0 spiro atoms. The Hall–Kier alpha value is -1.56. The molecule has 18 heavy (non-hydrogen) atoms. The van der Waals surface area contributed by atoms with Gasteiger partial charge in [-0.15, -0.1) is 0 Å². The standard InChI is InChI=1S/C12H14N2O3S/c15-11-3-1-2-10-8-13-12(14(10)11)9-4-6-18(16,17)7-5-9/h1-3,8-9,15H,4-7H2.